The van der Waals surface area contributed by atoms with Crippen molar-refractivity contribution in [3.8, 4) is 0 Å². The van der Waals surface area contributed by atoms with Crippen molar-refractivity contribution in [3.05, 3.63) is 83.9 Å². The normalized spacial score (nSPS) is 23.5. The van der Waals surface area contributed by atoms with Gasteiger partial charge < -0.3 is 4.74 Å². The minimum Gasteiger partial charge on any atom is -0.365 e. The largest absolute Gasteiger partial charge is 0.365 e. The van der Waals surface area contributed by atoms with Crippen LogP contribution in [0.15, 0.2) is 72.8 Å². The summed E-state index contributed by atoms with van der Waals surface area (Å²) >= 11 is 0. The lowest BCUT2D eigenvalue weighted by Crippen LogP contribution is -2.15. The second kappa shape index (κ2) is 6.21. The third-order valence-corrected chi connectivity index (χ3v) is 4.94. The number of hydrogen-bond acceptors (Lipinski definition) is 2. The van der Waals surface area contributed by atoms with Crippen LogP contribution in [0.4, 0.5) is 0 Å². The number of fused-ring (bicyclic) bond motifs is 1. The number of Topliss-reactive ketones (excluding diaryl/α,β-unsaturated/α-hetero) is 1. The molecule has 0 aromatic heterocycles. The molecule has 1 aliphatic heterocycles. The van der Waals surface area contributed by atoms with Gasteiger partial charge in [-0.1, -0.05) is 66.7 Å². The molecule has 0 unspecified atom stereocenters. The second-order valence-corrected chi connectivity index (χ2v) is 6.52. The van der Waals surface area contributed by atoms with Crippen LogP contribution in [-0.2, 0) is 9.53 Å². The van der Waals surface area contributed by atoms with Crippen LogP contribution in [0.25, 0.3) is 10.8 Å². The summed E-state index contributed by atoms with van der Waals surface area (Å²) in [6.07, 6.45) is 0.561. The Balaban J connectivity index is 1.70. The van der Waals surface area contributed by atoms with Gasteiger partial charge in [0.1, 0.15) is 5.78 Å². The highest BCUT2D eigenvalue weighted by atomic mass is 16.5. The zero-order valence-corrected chi connectivity index (χ0v) is 13.7. The fraction of sp³-hybridized carbons (Fsp3) is 0.227. The third-order valence-electron chi connectivity index (χ3n) is 4.94. The van der Waals surface area contributed by atoms with Crippen LogP contribution in [-0.4, -0.2) is 5.78 Å². The highest BCUT2D eigenvalue weighted by molar-refractivity contribution is 5.84. The van der Waals surface area contributed by atoms with Gasteiger partial charge >= 0.3 is 0 Å². The summed E-state index contributed by atoms with van der Waals surface area (Å²) in [5, 5.41) is 2.39. The fourth-order valence-electron chi connectivity index (χ4n) is 3.64. The quantitative estimate of drug-likeness (QED) is 0.660. The maximum Gasteiger partial charge on any atom is 0.135 e. The summed E-state index contributed by atoms with van der Waals surface area (Å²) < 4.78 is 6.34. The fourth-order valence-corrected chi connectivity index (χ4v) is 3.64. The van der Waals surface area contributed by atoms with Crippen molar-refractivity contribution in [3.63, 3.8) is 0 Å². The number of hydrogen-bond donors (Lipinski definition) is 0. The molecule has 2 heteroatoms. The molecule has 0 saturated carbocycles. The van der Waals surface area contributed by atoms with Crippen molar-refractivity contribution in [1.29, 1.82) is 0 Å². The van der Waals surface area contributed by atoms with Crippen LogP contribution in [0.2, 0.25) is 0 Å². The summed E-state index contributed by atoms with van der Waals surface area (Å²) in [6, 6.07) is 24.8. The second-order valence-electron chi connectivity index (χ2n) is 6.52. The Labute approximate surface area is 142 Å². The molecule has 0 radical (unpaired) electrons. The Hall–Kier alpha value is -2.45. The van der Waals surface area contributed by atoms with Gasteiger partial charge in [0.25, 0.3) is 0 Å². The lowest BCUT2D eigenvalue weighted by molar-refractivity contribution is -0.122. The monoisotopic (exact) mass is 316 g/mol. The molecular weight excluding hydrogens is 296 g/mol. The first-order valence-corrected chi connectivity index (χ1v) is 8.42. The van der Waals surface area contributed by atoms with E-state index < -0.39 is 0 Å². The smallest absolute Gasteiger partial charge is 0.135 e. The van der Waals surface area contributed by atoms with E-state index in [4.69, 9.17) is 4.74 Å². The molecule has 0 bridgehead atoms. The van der Waals surface area contributed by atoms with E-state index in [0.29, 0.717) is 0 Å². The molecule has 3 atom stereocenters. The third kappa shape index (κ3) is 2.74. The Kier molecular flexibility index (Phi) is 3.91. The first kappa shape index (κ1) is 15.1. The van der Waals surface area contributed by atoms with Crippen LogP contribution in [0.1, 0.15) is 36.7 Å². The minimum atomic E-state index is -0.169. The van der Waals surface area contributed by atoms with Crippen LogP contribution in [0, 0.1) is 5.92 Å². The maximum atomic E-state index is 12.2. The summed E-state index contributed by atoms with van der Waals surface area (Å²) in [7, 11) is 0. The van der Waals surface area contributed by atoms with Gasteiger partial charge in [-0.2, -0.15) is 0 Å². The van der Waals surface area contributed by atoms with Gasteiger partial charge in [-0.15, -0.1) is 0 Å². The molecule has 1 heterocycles. The van der Waals surface area contributed by atoms with Crippen molar-refractivity contribution in [2.45, 2.75) is 25.6 Å². The van der Waals surface area contributed by atoms with Crippen molar-refractivity contribution >= 4 is 16.6 Å². The standard InChI is InChI=1S/C22H20O2/c1-15(23)20-14-21(17-8-3-2-4-9-17)24-22(20)19-12-11-16-7-5-6-10-18(16)13-19/h2-13,20-22H,14H2,1H3/t20-,21+,22+/m1/s1. The summed E-state index contributed by atoms with van der Waals surface area (Å²) in [4.78, 5) is 12.2. The van der Waals surface area contributed by atoms with Crippen molar-refractivity contribution < 1.29 is 9.53 Å². The molecular formula is C22H20O2. The molecule has 0 amide bonds. The molecule has 3 aromatic rings. The molecule has 1 aliphatic rings. The number of ketones is 1. The van der Waals surface area contributed by atoms with E-state index in [-0.39, 0.29) is 23.9 Å². The first-order valence-electron chi connectivity index (χ1n) is 8.42. The predicted molar refractivity (Wildman–Crippen MR) is 95.7 cm³/mol. The number of carbonyl (C=O) groups excluding carboxylic acids is 1. The van der Waals surface area contributed by atoms with Gasteiger partial charge in [0, 0.05) is 0 Å². The van der Waals surface area contributed by atoms with Crippen LogP contribution >= 0.6 is 0 Å². The van der Waals surface area contributed by atoms with Gasteiger partial charge in [-0.25, -0.2) is 0 Å². The Morgan fingerprint density at radius 3 is 2.33 bits per heavy atom. The minimum absolute atomic E-state index is 0.0171. The Morgan fingerprint density at radius 2 is 1.58 bits per heavy atom. The molecule has 0 aliphatic carbocycles. The Bertz CT molecular complexity index is 869. The van der Waals surface area contributed by atoms with E-state index in [1.807, 2.05) is 30.3 Å². The van der Waals surface area contributed by atoms with E-state index in [0.717, 1.165) is 17.5 Å². The summed E-state index contributed by atoms with van der Waals surface area (Å²) in [5.41, 5.74) is 2.24. The number of carbonyl (C=O) groups is 1. The SMILES string of the molecule is CC(=O)[C@H]1C[C@@H](c2ccccc2)O[C@H]1c1ccc2ccccc2c1. The van der Waals surface area contributed by atoms with Crippen molar-refractivity contribution in [1.82, 2.24) is 0 Å². The van der Waals surface area contributed by atoms with Crippen LogP contribution in [0.3, 0.4) is 0 Å². The molecule has 24 heavy (non-hydrogen) atoms. The van der Waals surface area contributed by atoms with Crippen molar-refractivity contribution in [2.75, 3.05) is 0 Å². The van der Waals surface area contributed by atoms with Gasteiger partial charge in [0.05, 0.1) is 18.1 Å². The van der Waals surface area contributed by atoms with E-state index in [1.165, 1.54) is 10.8 Å². The molecule has 120 valence electrons. The molecule has 4 rings (SSSR count). The number of rotatable bonds is 3. The van der Waals surface area contributed by atoms with Crippen molar-refractivity contribution in [2.24, 2.45) is 5.92 Å². The summed E-state index contributed by atoms with van der Waals surface area (Å²) in [5.74, 6) is 0.114. The average Bonchev–Trinajstić information content (AvgIpc) is 3.08. The molecule has 1 saturated heterocycles. The van der Waals surface area contributed by atoms with Gasteiger partial charge in [0.2, 0.25) is 0 Å². The zero-order chi connectivity index (χ0) is 16.5. The predicted octanol–water partition coefficient (Wildman–Crippen LogP) is 5.25. The van der Waals surface area contributed by atoms with E-state index in [2.05, 4.69) is 42.5 Å². The van der Waals surface area contributed by atoms with E-state index in [9.17, 15) is 4.79 Å². The summed E-state index contributed by atoms with van der Waals surface area (Å²) in [6.45, 7) is 1.68. The number of ether oxygens (including phenoxy) is 1. The molecule has 2 nitrogen and oxygen atoms in total. The molecule has 0 N–H and O–H groups in total. The van der Waals surface area contributed by atoms with Crippen LogP contribution in [0.5, 0.6) is 0 Å². The molecule has 0 spiro atoms. The zero-order valence-electron chi connectivity index (χ0n) is 13.7. The Morgan fingerprint density at radius 1 is 0.875 bits per heavy atom. The highest BCUT2D eigenvalue weighted by Gasteiger charge is 2.39. The molecule has 1 fully saturated rings. The van der Waals surface area contributed by atoms with E-state index >= 15 is 0 Å². The molecule has 3 aromatic carbocycles. The number of benzene rings is 3. The van der Waals surface area contributed by atoms with Crippen LogP contribution < -0.4 is 0 Å². The average molecular weight is 316 g/mol. The maximum absolute atomic E-state index is 12.2. The van der Waals surface area contributed by atoms with Gasteiger partial charge in [0.15, 0.2) is 0 Å². The van der Waals surface area contributed by atoms with E-state index in [1.54, 1.807) is 6.92 Å². The van der Waals surface area contributed by atoms with Gasteiger partial charge in [-0.3, -0.25) is 4.79 Å². The van der Waals surface area contributed by atoms with Gasteiger partial charge in [-0.05, 0) is 41.3 Å². The lowest BCUT2D eigenvalue weighted by Gasteiger charge is -2.18. The highest BCUT2D eigenvalue weighted by Crippen LogP contribution is 2.45. The first-order chi connectivity index (χ1) is 11.7. The lowest BCUT2D eigenvalue weighted by atomic mass is 9.89. The topological polar surface area (TPSA) is 26.3 Å².